The van der Waals surface area contributed by atoms with Crippen LogP contribution in [0.25, 0.3) is 154 Å². The third-order valence-electron chi connectivity index (χ3n) is 17.8. The van der Waals surface area contributed by atoms with Crippen molar-refractivity contribution in [2.24, 2.45) is 0 Å². The molecule has 378 valence electrons. The lowest BCUT2D eigenvalue weighted by Crippen LogP contribution is -2.15. The molecule has 0 unspecified atom stereocenters. The van der Waals surface area contributed by atoms with E-state index in [1.54, 1.807) is 0 Å². The van der Waals surface area contributed by atoms with Gasteiger partial charge in [-0.05, 0) is 177 Å². The molecule has 0 atom stereocenters. The molecule has 0 radical (unpaired) electrons. The Morgan fingerprint density at radius 2 is 0.457 bits per heavy atom. The highest BCUT2D eigenvalue weighted by Crippen LogP contribution is 2.56. The van der Waals surface area contributed by atoms with Crippen molar-refractivity contribution < 1.29 is 0 Å². The largest absolute Gasteiger partial charge is 0.0622 e. The Morgan fingerprint density at radius 1 is 0.185 bits per heavy atom. The molecule has 0 aromatic heterocycles. The minimum atomic E-state index is -0.290. The van der Waals surface area contributed by atoms with E-state index in [2.05, 4.69) is 305 Å². The van der Waals surface area contributed by atoms with E-state index in [4.69, 9.17) is 0 Å². The van der Waals surface area contributed by atoms with Crippen molar-refractivity contribution in [3.05, 3.63) is 302 Å². The van der Waals surface area contributed by atoms with Gasteiger partial charge < -0.3 is 0 Å². The Morgan fingerprint density at radius 3 is 0.827 bits per heavy atom. The highest BCUT2D eigenvalue weighted by molar-refractivity contribution is 6.32. The zero-order valence-electron chi connectivity index (χ0n) is 45.2. The van der Waals surface area contributed by atoms with Crippen molar-refractivity contribution in [1.82, 2.24) is 0 Å². The number of rotatable bonds is 7. The summed E-state index contributed by atoms with van der Waals surface area (Å²) in [5.74, 6) is 0. The number of benzene rings is 15. The number of fused-ring (bicyclic) bond motifs is 9. The van der Waals surface area contributed by atoms with Gasteiger partial charge in [0.25, 0.3) is 0 Å². The van der Waals surface area contributed by atoms with Crippen LogP contribution in [0.4, 0.5) is 0 Å². The normalized spacial score (nSPS) is 12.7. The summed E-state index contributed by atoms with van der Waals surface area (Å²) < 4.78 is 0. The topological polar surface area (TPSA) is 0 Å². The molecule has 0 saturated carbocycles. The van der Waals surface area contributed by atoms with Crippen molar-refractivity contribution in [3.8, 4) is 89.0 Å². The van der Waals surface area contributed by atoms with Gasteiger partial charge in [0.2, 0.25) is 0 Å². The molecule has 0 fully saturated rings. The third-order valence-corrected chi connectivity index (χ3v) is 17.8. The van der Waals surface area contributed by atoms with Crippen LogP contribution in [0.3, 0.4) is 0 Å². The first kappa shape index (κ1) is 46.9. The van der Waals surface area contributed by atoms with Crippen molar-refractivity contribution >= 4 is 64.6 Å². The standard InChI is InChI=1S/C81H54/c1-81(2)71-49-55(45-47-59(71)60-48-46-56(50-72(60)81)74-61-33-15-18-36-64(61)75(53-29-11-5-12-30-53)77-57(41-23-43-69(74)77)51-25-7-3-8-26-51)73-62-34-16-20-38-66(62)79(67-39-21-17-35-63(67)73)80-68-40-22-19-37-65(68)76(54-31-13-6-14-32-54)78-58(42-24-44-70(78)80)52-27-9-4-10-28-52/h3-50H,1-2H3. The maximum absolute atomic E-state index is 2.53. The molecule has 0 spiro atoms. The highest BCUT2D eigenvalue weighted by atomic mass is 14.4. The van der Waals surface area contributed by atoms with Gasteiger partial charge in [0.15, 0.2) is 0 Å². The minimum Gasteiger partial charge on any atom is -0.0622 e. The van der Waals surface area contributed by atoms with Gasteiger partial charge in [-0.15, -0.1) is 0 Å². The second-order valence-electron chi connectivity index (χ2n) is 22.5. The first-order valence-corrected chi connectivity index (χ1v) is 28.4. The van der Waals surface area contributed by atoms with Gasteiger partial charge in [-0.2, -0.15) is 0 Å². The average Bonchev–Trinajstić information content (AvgIpc) is 3.91. The maximum Gasteiger partial charge on any atom is 0.0159 e. The smallest absolute Gasteiger partial charge is 0.0159 e. The summed E-state index contributed by atoms with van der Waals surface area (Å²) in [4.78, 5) is 0. The van der Waals surface area contributed by atoms with Crippen LogP contribution in [-0.2, 0) is 5.41 Å². The Bertz CT molecular complexity index is 4970. The molecule has 1 aliphatic carbocycles. The van der Waals surface area contributed by atoms with Gasteiger partial charge in [0.1, 0.15) is 0 Å². The van der Waals surface area contributed by atoms with Gasteiger partial charge >= 0.3 is 0 Å². The Balaban J connectivity index is 0.899. The molecule has 0 amide bonds. The maximum atomic E-state index is 2.53. The molecule has 0 saturated heterocycles. The second-order valence-corrected chi connectivity index (χ2v) is 22.5. The lowest BCUT2D eigenvalue weighted by molar-refractivity contribution is 0.661. The Labute approximate surface area is 472 Å². The zero-order chi connectivity index (χ0) is 53.8. The molecule has 0 nitrogen and oxygen atoms in total. The molecule has 15 aromatic carbocycles. The molecule has 16 rings (SSSR count). The van der Waals surface area contributed by atoms with Crippen LogP contribution in [0.2, 0.25) is 0 Å². The lowest BCUT2D eigenvalue weighted by Gasteiger charge is -2.25. The molecule has 0 aliphatic heterocycles. The summed E-state index contributed by atoms with van der Waals surface area (Å²) in [7, 11) is 0. The zero-order valence-corrected chi connectivity index (χ0v) is 45.2. The third kappa shape index (κ3) is 7.17. The van der Waals surface area contributed by atoms with Gasteiger partial charge in [-0.3, -0.25) is 0 Å². The monoisotopic (exact) mass is 1030 g/mol. The molecule has 15 aromatic rings. The summed E-state index contributed by atoms with van der Waals surface area (Å²) in [6.45, 7) is 4.87. The molecule has 0 bridgehead atoms. The van der Waals surface area contributed by atoms with Crippen LogP contribution in [0.1, 0.15) is 25.0 Å². The summed E-state index contributed by atoms with van der Waals surface area (Å²) in [6, 6.07) is 109. The van der Waals surface area contributed by atoms with Crippen molar-refractivity contribution in [3.63, 3.8) is 0 Å². The quantitative estimate of drug-likeness (QED) is 0.140. The molecule has 0 heterocycles. The first-order chi connectivity index (χ1) is 40.0. The molecule has 1 aliphatic rings. The van der Waals surface area contributed by atoms with Crippen LogP contribution < -0.4 is 0 Å². The van der Waals surface area contributed by atoms with E-state index in [0.717, 1.165) is 0 Å². The van der Waals surface area contributed by atoms with E-state index in [0.29, 0.717) is 0 Å². The summed E-state index contributed by atoms with van der Waals surface area (Å²) in [6.07, 6.45) is 0. The summed E-state index contributed by atoms with van der Waals surface area (Å²) in [5.41, 5.74) is 22.5. The van der Waals surface area contributed by atoms with Crippen LogP contribution in [0.15, 0.2) is 291 Å². The molecule has 0 heteroatoms. The van der Waals surface area contributed by atoms with E-state index in [1.807, 2.05) is 0 Å². The van der Waals surface area contributed by atoms with E-state index in [1.165, 1.54) is 165 Å². The average molecular weight is 1030 g/mol. The summed E-state index contributed by atoms with van der Waals surface area (Å²) in [5, 5.41) is 15.1. The van der Waals surface area contributed by atoms with Crippen LogP contribution in [0, 0.1) is 0 Å². The molecule has 81 heavy (non-hydrogen) atoms. The van der Waals surface area contributed by atoms with Crippen molar-refractivity contribution in [1.29, 1.82) is 0 Å². The van der Waals surface area contributed by atoms with Gasteiger partial charge in [0, 0.05) is 5.41 Å². The Hall–Kier alpha value is -10.1. The van der Waals surface area contributed by atoms with E-state index >= 15 is 0 Å². The fraction of sp³-hybridized carbons (Fsp3) is 0.0370. The van der Waals surface area contributed by atoms with Gasteiger partial charge in [-0.25, -0.2) is 0 Å². The van der Waals surface area contributed by atoms with E-state index in [9.17, 15) is 0 Å². The number of hydrogen-bond donors (Lipinski definition) is 0. The summed E-state index contributed by atoms with van der Waals surface area (Å²) >= 11 is 0. The fourth-order valence-electron chi connectivity index (χ4n) is 14.3. The van der Waals surface area contributed by atoms with Crippen LogP contribution in [0.5, 0.6) is 0 Å². The minimum absolute atomic E-state index is 0.290. The fourth-order valence-corrected chi connectivity index (χ4v) is 14.3. The van der Waals surface area contributed by atoms with Crippen LogP contribution >= 0.6 is 0 Å². The molecular formula is C81H54. The highest BCUT2D eigenvalue weighted by Gasteiger charge is 2.37. The Kier molecular flexibility index (Phi) is 10.7. The van der Waals surface area contributed by atoms with E-state index in [-0.39, 0.29) is 5.41 Å². The first-order valence-electron chi connectivity index (χ1n) is 28.4. The van der Waals surface area contributed by atoms with Crippen LogP contribution in [-0.4, -0.2) is 0 Å². The van der Waals surface area contributed by atoms with Gasteiger partial charge in [-0.1, -0.05) is 293 Å². The predicted molar refractivity (Wildman–Crippen MR) is 347 cm³/mol. The van der Waals surface area contributed by atoms with E-state index < -0.39 is 0 Å². The second kappa shape index (κ2) is 18.5. The molecular weight excluding hydrogens is 973 g/mol. The van der Waals surface area contributed by atoms with Gasteiger partial charge in [0.05, 0.1) is 0 Å². The lowest BCUT2D eigenvalue weighted by atomic mass is 9.78. The molecule has 0 N–H and O–H groups in total. The van der Waals surface area contributed by atoms with Crippen molar-refractivity contribution in [2.75, 3.05) is 0 Å². The number of hydrogen-bond acceptors (Lipinski definition) is 0. The SMILES string of the molecule is CC1(C)c2cc(-c3c4ccccc4c(-c4c5ccccc5c(-c5ccccc5)c5c(-c6ccccc6)cccc45)c4ccccc34)ccc2-c2ccc(-c3c4ccccc4c(-c4ccccc4)c4c(-c5ccccc5)cccc34)cc21. The van der Waals surface area contributed by atoms with Crippen molar-refractivity contribution in [2.45, 2.75) is 19.3 Å². The predicted octanol–water partition coefficient (Wildman–Crippen LogP) is 22.6.